The van der Waals surface area contributed by atoms with Crippen LogP contribution in [-0.4, -0.2) is 15.9 Å². The molecule has 1 aromatic heterocycles. The van der Waals surface area contributed by atoms with E-state index in [0.29, 0.717) is 16.9 Å². The van der Waals surface area contributed by atoms with Crippen molar-refractivity contribution in [3.63, 3.8) is 0 Å². The number of nitrogens with zero attached hydrogens (tertiary/aromatic N) is 2. The van der Waals surface area contributed by atoms with E-state index < -0.39 is 0 Å². The molecule has 0 fully saturated rings. The summed E-state index contributed by atoms with van der Waals surface area (Å²) >= 11 is 0. The van der Waals surface area contributed by atoms with Crippen LogP contribution in [0.1, 0.15) is 23.1 Å². The van der Waals surface area contributed by atoms with Gasteiger partial charge in [0, 0.05) is 23.7 Å². The Labute approximate surface area is 140 Å². The van der Waals surface area contributed by atoms with Crippen LogP contribution in [0, 0.1) is 0 Å². The summed E-state index contributed by atoms with van der Waals surface area (Å²) in [7, 11) is 0. The molecule has 0 aliphatic rings. The number of anilines is 2. The predicted molar refractivity (Wildman–Crippen MR) is 95.7 cm³/mol. The van der Waals surface area contributed by atoms with Crippen LogP contribution in [0.3, 0.4) is 0 Å². The first-order valence-electron chi connectivity index (χ1n) is 7.75. The zero-order valence-corrected chi connectivity index (χ0v) is 13.4. The van der Waals surface area contributed by atoms with Gasteiger partial charge in [0.05, 0.1) is 17.1 Å². The number of nitrogen functional groups attached to an aromatic ring is 1. The van der Waals surface area contributed by atoms with Crippen LogP contribution in [0.15, 0.2) is 60.8 Å². The van der Waals surface area contributed by atoms with E-state index >= 15 is 0 Å². The summed E-state index contributed by atoms with van der Waals surface area (Å²) in [4.78, 5) is 21.0. The smallest absolute Gasteiger partial charge is 0.255 e. The van der Waals surface area contributed by atoms with Crippen molar-refractivity contribution in [1.82, 2.24) is 9.97 Å². The maximum absolute atomic E-state index is 12.3. The predicted octanol–water partition coefficient (Wildman–Crippen LogP) is 3.54. The Morgan fingerprint density at radius 3 is 2.54 bits per heavy atom. The average Bonchev–Trinajstić information content (AvgIpc) is 2.64. The van der Waals surface area contributed by atoms with E-state index in [2.05, 4.69) is 15.3 Å². The van der Waals surface area contributed by atoms with Crippen LogP contribution >= 0.6 is 0 Å². The quantitative estimate of drug-likeness (QED) is 0.721. The molecule has 0 radical (unpaired) electrons. The third-order valence-corrected chi connectivity index (χ3v) is 3.67. The Bertz CT molecular complexity index is 859. The van der Waals surface area contributed by atoms with Crippen LogP contribution < -0.4 is 11.1 Å². The van der Waals surface area contributed by atoms with Crippen LogP contribution in [0.5, 0.6) is 0 Å². The van der Waals surface area contributed by atoms with E-state index in [1.807, 2.05) is 37.3 Å². The second-order valence-corrected chi connectivity index (χ2v) is 5.33. The Hall–Kier alpha value is -3.21. The number of nitrogens with two attached hydrogens (primary N) is 1. The molecular weight excluding hydrogens is 300 g/mol. The van der Waals surface area contributed by atoms with Crippen molar-refractivity contribution in [2.24, 2.45) is 0 Å². The number of amides is 1. The molecule has 0 saturated carbocycles. The first kappa shape index (κ1) is 15.7. The molecule has 0 aliphatic heterocycles. The van der Waals surface area contributed by atoms with Crippen molar-refractivity contribution in [2.75, 3.05) is 11.1 Å². The first-order chi connectivity index (χ1) is 11.7. The maximum atomic E-state index is 12.3. The van der Waals surface area contributed by atoms with Gasteiger partial charge < -0.3 is 11.1 Å². The Morgan fingerprint density at radius 1 is 1.08 bits per heavy atom. The molecule has 0 bridgehead atoms. The Kier molecular flexibility index (Phi) is 4.52. The van der Waals surface area contributed by atoms with Gasteiger partial charge in [-0.05, 0) is 30.3 Å². The van der Waals surface area contributed by atoms with E-state index in [0.717, 1.165) is 23.5 Å². The fourth-order valence-corrected chi connectivity index (χ4v) is 2.33. The van der Waals surface area contributed by atoms with Crippen LogP contribution in [0.4, 0.5) is 11.4 Å². The number of carbonyl (C=O) groups is 1. The zero-order valence-electron chi connectivity index (χ0n) is 13.4. The minimum Gasteiger partial charge on any atom is -0.397 e. The van der Waals surface area contributed by atoms with Gasteiger partial charge in [0.2, 0.25) is 0 Å². The van der Waals surface area contributed by atoms with E-state index in [1.54, 1.807) is 30.5 Å². The standard InChI is InChI=1S/C19H18N4O/c1-2-18-21-12-11-16(22-18)13-7-9-14(10-8-13)19(24)23-17-6-4-3-5-15(17)20/h3-12H,2,20H2,1H3,(H,23,24). The summed E-state index contributed by atoms with van der Waals surface area (Å²) in [5.41, 5.74) is 9.35. The molecule has 0 atom stereocenters. The molecule has 5 nitrogen and oxygen atoms in total. The Balaban J connectivity index is 1.79. The van der Waals surface area contributed by atoms with Crippen molar-refractivity contribution in [2.45, 2.75) is 13.3 Å². The lowest BCUT2D eigenvalue weighted by Gasteiger charge is -2.08. The number of rotatable bonds is 4. The highest BCUT2D eigenvalue weighted by Crippen LogP contribution is 2.20. The SMILES string of the molecule is CCc1nccc(-c2ccc(C(=O)Nc3ccccc3N)cc2)n1. The minimum absolute atomic E-state index is 0.198. The number of aryl methyl sites for hydroxylation is 1. The summed E-state index contributed by atoms with van der Waals surface area (Å²) in [6.07, 6.45) is 2.53. The summed E-state index contributed by atoms with van der Waals surface area (Å²) in [5, 5.41) is 2.81. The van der Waals surface area contributed by atoms with Crippen LogP contribution in [0.2, 0.25) is 0 Å². The van der Waals surface area contributed by atoms with Crippen LogP contribution in [0.25, 0.3) is 11.3 Å². The molecule has 120 valence electrons. The number of benzene rings is 2. The van der Waals surface area contributed by atoms with Crippen molar-refractivity contribution in [3.8, 4) is 11.3 Å². The largest absolute Gasteiger partial charge is 0.397 e. The molecule has 3 N–H and O–H groups in total. The van der Waals surface area contributed by atoms with Crippen molar-refractivity contribution >= 4 is 17.3 Å². The second kappa shape index (κ2) is 6.91. The van der Waals surface area contributed by atoms with Crippen molar-refractivity contribution < 1.29 is 4.79 Å². The summed E-state index contributed by atoms with van der Waals surface area (Å²) in [5.74, 6) is 0.602. The molecule has 1 amide bonds. The number of aromatic nitrogens is 2. The topological polar surface area (TPSA) is 80.9 Å². The van der Waals surface area contributed by atoms with Crippen LogP contribution in [-0.2, 0) is 6.42 Å². The van der Waals surface area contributed by atoms with Gasteiger partial charge >= 0.3 is 0 Å². The maximum Gasteiger partial charge on any atom is 0.255 e. The van der Waals surface area contributed by atoms with Gasteiger partial charge in [-0.25, -0.2) is 9.97 Å². The lowest BCUT2D eigenvalue weighted by molar-refractivity contribution is 0.102. The van der Waals surface area contributed by atoms with E-state index in [4.69, 9.17) is 5.73 Å². The highest BCUT2D eigenvalue weighted by atomic mass is 16.1. The number of carbonyl (C=O) groups excluding carboxylic acids is 1. The number of para-hydroxylation sites is 2. The molecule has 0 aliphatic carbocycles. The minimum atomic E-state index is -0.198. The highest BCUT2D eigenvalue weighted by molar-refractivity contribution is 6.05. The van der Waals surface area contributed by atoms with Gasteiger partial charge in [-0.15, -0.1) is 0 Å². The third kappa shape index (κ3) is 3.41. The molecule has 0 saturated heterocycles. The molecule has 0 unspecified atom stereocenters. The van der Waals surface area contributed by atoms with E-state index in [1.165, 1.54) is 0 Å². The van der Waals surface area contributed by atoms with E-state index in [9.17, 15) is 4.79 Å². The molecule has 3 aromatic rings. The molecule has 5 heteroatoms. The van der Waals surface area contributed by atoms with Gasteiger partial charge in [0.15, 0.2) is 0 Å². The monoisotopic (exact) mass is 318 g/mol. The van der Waals surface area contributed by atoms with Gasteiger partial charge in [-0.3, -0.25) is 4.79 Å². The molecule has 0 spiro atoms. The summed E-state index contributed by atoms with van der Waals surface area (Å²) in [6.45, 7) is 2.02. The zero-order chi connectivity index (χ0) is 16.9. The Morgan fingerprint density at radius 2 is 1.83 bits per heavy atom. The second-order valence-electron chi connectivity index (χ2n) is 5.33. The fourth-order valence-electron chi connectivity index (χ4n) is 2.33. The first-order valence-corrected chi connectivity index (χ1v) is 7.75. The molecule has 3 rings (SSSR count). The third-order valence-electron chi connectivity index (χ3n) is 3.67. The molecule has 2 aromatic carbocycles. The fraction of sp³-hybridized carbons (Fsp3) is 0.105. The summed E-state index contributed by atoms with van der Waals surface area (Å²) in [6, 6.07) is 16.3. The summed E-state index contributed by atoms with van der Waals surface area (Å²) < 4.78 is 0. The van der Waals surface area contributed by atoms with Gasteiger partial charge in [0.1, 0.15) is 5.82 Å². The van der Waals surface area contributed by atoms with Crippen molar-refractivity contribution in [3.05, 3.63) is 72.2 Å². The normalized spacial score (nSPS) is 10.4. The lowest BCUT2D eigenvalue weighted by atomic mass is 10.1. The molecule has 24 heavy (non-hydrogen) atoms. The van der Waals surface area contributed by atoms with Crippen molar-refractivity contribution in [1.29, 1.82) is 0 Å². The average molecular weight is 318 g/mol. The van der Waals surface area contributed by atoms with Gasteiger partial charge in [0.25, 0.3) is 5.91 Å². The number of nitrogens with one attached hydrogen (secondary N) is 1. The lowest BCUT2D eigenvalue weighted by Crippen LogP contribution is -2.13. The molecular formula is C19H18N4O. The number of hydrogen-bond acceptors (Lipinski definition) is 4. The van der Waals surface area contributed by atoms with E-state index in [-0.39, 0.29) is 5.91 Å². The highest BCUT2D eigenvalue weighted by Gasteiger charge is 2.09. The molecule has 1 heterocycles. The van der Waals surface area contributed by atoms with Gasteiger partial charge in [-0.2, -0.15) is 0 Å². The van der Waals surface area contributed by atoms with Gasteiger partial charge in [-0.1, -0.05) is 31.2 Å². The number of hydrogen-bond donors (Lipinski definition) is 2.